The zero-order chi connectivity index (χ0) is 24.5. The van der Waals surface area contributed by atoms with E-state index in [0.29, 0.717) is 10.4 Å². The Balaban J connectivity index is 1.81. The predicted octanol–water partition coefficient (Wildman–Crippen LogP) is 4.85. The third kappa shape index (κ3) is 4.34. The van der Waals surface area contributed by atoms with Crippen molar-refractivity contribution in [3.05, 3.63) is 87.1 Å². The molecule has 3 aromatic heterocycles. The van der Waals surface area contributed by atoms with Crippen LogP contribution in [0.15, 0.2) is 63.8 Å². The number of rotatable bonds is 7. The summed E-state index contributed by atoms with van der Waals surface area (Å²) in [7, 11) is -3.85. The van der Waals surface area contributed by atoms with Crippen LogP contribution >= 0.6 is 11.3 Å². The highest BCUT2D eigenvalue weighted by molar-refractivity contribution is 7.91. The molecule has 0 bridgehead atoms. The molecule has 0 N–H and O–H groups in total. The van der Waals surface area contributed by atoms with E-state index in [9.17, 15) is 22.9 Å². The third-order valence-electron chi connectivity index (χ3n) is 5.64. The maximum atomic E-state index is 13.3. The SMILES string of the molecule is CCOC(=O)Cc1c(C)c(Cc2sccc2S(=O)(=O)c2ccc(F)cc2)n2cc(C#N)ccc12. The lowest BCUT2D eigenvalue weighted by molar-refractivity contribution is -0.142. The predicted molar refractivity (Wildman–Crippen MR) is 126 cm³/mol. The van der Waals surface area contributed by atoms with Crippen LogP contribution in [0, 0.1) is 24.1 Å². The number of nitrogens with zero attached hydrogens (tertiary/aromatic N) is 2. The molecule has 0 saturated heterocycles. The van der Waals surface area contributed by atoms with E-state index in [1.165, 1.54) is 23.5 Å². The Kier molecular flexibility index (Phi) is 6.55. The van der Waals surface area contributed by atoms with Crippen molar-refractivity contribution in [2.45, 2.75) is 36.5 Å². The summed E-state index contributed by atoms with van der Waals surface area (Å²) in [5.74, 6) is -0.869. The van der Waals surface area contributed by atoms with Gasteiger partial charge in [-0.2, -0.15) is 5.26 Å². The van der Waals surface area contributed by atoms with Gasteiger partial charge in [0.05, 0.1) is 28.4 Å². The van der Waals surface area contributed by atoms with Crippen molar-refractivity contribution < 1.29 is 22.3 Å². The second-order valence-corrected chi connectivity index (χ2v) is 10.6. The highest BCUT2D eigenvalue weighted by Gasteiger charge is 2.25. The fourth-order valence-electron chi connectivity index (χ4n) is 3.97. The minimum atomic E-state index is -3.85. The van der Waals surface area contributed by atoms with Crippen LogP contribution in [-0.2, 0) is 32.2 Å². The maximum Gasteiger partial charge on any atom is 0.310 e. The van der Waals surface area contributed by atoms with E-state index < -0.39 is 15.7 Å². The molecule has 0 aliphatic carbocycles. The monoisotopic (exact) mass is 496 g/mol. The number of aromatic nitrogens is 1. The summed E-state index contributed by atoms with van der Waals surface area (Å²) in [5.41, 5.74) is 3.60. The van der Waals surface area contributed by atoms with Crippen molar-refractivity contribution in [3.63, 3.8) is 0 Å². The number of sulfone groups is 1. The van der Waals surface area contributed by atoms with Crippen LogP contribution in [0.2, 0.25) is 0 Å². The first-order valence-corrected chi connectivity index (χ1v) is 12.9. The molecule has 0 unspecified atom stereocenters. The van der Waals surface area contributed by atoms with E-state index in [4.69, 9.17) is 4.74 Å². The lowest BCUT2D eigenvalue weighted by atomic mass is 10.1. The highest BCUT2D eigenvalue weighted by Crippen LogP contribution is 2.33. The summed E-state index contributed by atoms with van der Waals surface area (Å²) < 4.78 is 46.8. The van der Waals surface area contributed by atoms with E-state index in [-0.39, 0.29) is 35.2 Å². The molecule has 174 valence electrons. The fraction of sp³-hybridized carbons (Fsp3) is 0.200. The summed E-state index contributed by atoms with van der Waals surface area (Å²) in [6, 6.07) is 11.9. The number of pyridine rings is 1. The molecule has 0 amide bonds. The van der Waals surface area contributed by atoms with Gasteiger partial charge in [-0.15, -0.1) is 11.3 Å². The van der Waals surface area contributed by atoms with Crippen molar-refractivity contribution in [1.29, 1.82) is 5.26 Å². The van der Waals surface area contributed by atoms with Crippen LogP contribution in [0.25, 0.3) is 5.52 Å². The van der Waals surface area contributed by atoms with Gasteiger partial charge < -0.3 is 9.14 Å². The van der Waals surface area contributed by atoms with E-state index in [1.807, 2.05) is 11.3 Å². The Morgan fingerprint density at radius 1 is 1.18 bits per heavy atom. The summed E-state index contributed by atoms with van der Waals surface area (Å²) in [6.45, 7) is 3.90. The molecule has 0 fully saturated rings. The minimum Gasteiger partial charge on any atom is -0.466 e. The number of benzene rings is 1. The molecule has 4 rings (SSSR count). The lowest BCUT2D eigenvalue weighted by Gasteiger charge is -2.08. The van der Waals surface area contributed by atoms with Crippen LogP contribution < -0.4 is 0 Å². The Labute approximate surface area is 200 Å². The molecule has 6 nitrogen and oxygen atoms in total. The molecule has 0 aliphatic heterocycles. The van der Waals surface area contributed by atoms with Gasteiger partial charge in [0.2, 0.25) is 9.84 Å². The Morgan fingerprint density at radius 3 is 2.59 bits per heavy atom. The maximum absolute atomic E-state index is 13.3. The second kappa shape index (κ2) is 9.41. The molecular weight excluding hydrogens is 475 g/mol. The first-order valence-electron chi connectivity index (χ1n) is 10.5. The minimum absolute atomic E-state index is 0.0139. The smallest absolute Gasteiger partial charge is 0.310 e. The number of hydrogen-bond donors (Lipinski definition) is 0. The third-order valence-corrected chi connectivity index (χ3v) is 8.54. The van der Waals surface area contributed by atoms with Crippen molar-refractivity contribution in [3.8, 4) is 6.07 Å². The van der Waals surface area contributed by atoms with Gasteiger partial charge in [-0.3, -0.25) is 4.79 Å². The van der Waals surface area contributed by atoms with Gasteiger partial charge in [0.25, 0.3) is 0 Å². The molecule has 3 heterocycles. The molecular formula is C25H21FN2O4S2. The quantitative estimate of drug-likeness (QED) is 0.270. The van der Waals surface area contributed by atoms with Gasteiger partial charge in [0.1, 0.15) is 11.9 Å². The fourth-order valence-corrected chi connectivity index (χ4v) is 6.67. The molecule has 1 aromatic carbocycles. The number of thiophene rings is 1. The number of nitriles is 1. The molecule has 0 spiro atoms. The van der Waals surface area contributed by atoms with Crippen molar-refractivity contribution in [1.82, 2.24) is 4.40 Å². The van der Waals surface area contributed by atoms with Gasteiger partial charge in [-0.1, -0.05) is 0 Å². The summed E-state index contributed by atoms with van der Waals surface area (Å²) in [5, 5.41) is 11.1. The number of carbonyl (C=O) groups excluding carboxylic acids is 1. The average Bonchev–Trinajstić information content (AvgIpc) is 3.39. The van der Waals surface area contributed by atoms with Crippen LogP contribution in [0.5, 0.6) is 0 Å². The number of fused-ring (bicyclic) bond motifs is 1. The molecule has 34 heavy (non-hydrogen) atoms. The van der Waals surface area contributed by atoms with Crippen molar-refractivity contribution >= 4 is 32.7 Å². The first kappa shape index (κ1) is 23.7. The van der Waals surface area contributed by atoms with E-state index in [2.05, 4.69) is 6.07 Å². The first-order chi connectivity index (χ1) is 16.3. The van der Waals surface area contributed by atoms with Gasteiger partial charge in [-0.25, -0.2) is 12.8 Å². The van der Waals surface area contributed by atoms with Gasteiger partial charge in [-0.05, 0) is 72.8 Å². The van der Waals surface area contributed by atoms with Crippen molar-refractivity contribution in [2.24, 2.45) is 0 Å². The topological polar surface area (TPSA) is 88.6 Å². The number of carbonyl (C=O) groups is 1. The number of hydrogen-bond acceptors (Lipinski definition) is 6. The summed E-state index contributed by atoms with van der Waals surface area (Å²) in [4.78, 5) is 13.0. The molecule has 4 aromatic rings. The standard InChI is InChI=1S/C25H21FN2O4S2/c1-3-32-25(29)12-20-16(2)22(28-15-17(14-27)4-9-21(20)28)13-23-24(10-11-33-23)34(30,31)19-7-5-18(26)6-8-19/h4-11,15H,3,12-13H2,1-2H3. The van der Waals surface area contributed by atoms with Crippen LogP contribution in [0.4, 0.5) is 4.39 Å². The van der Waals surface area contributed by atoms with E-state index >= 15 is 0 Å². The zero-order valence-electron chi connectivity index (χ0n) is 18.5. The molecule has 0 saturated carbocycles. The van der Waals surface area contributed by atoms with Crippen LogP contribution in [-0.4, -0.2) is 25.4 Å². The van der Waals surface area contributed by atoms with Crippen molar-refractivity contribution in [2.75, 3.05) is 6.61 Å². The zero-order valence-corrected chi connectivity index (χ0v) is 20.2. The highest BCUT2D eigenvalue weighted by atomic mass is 32.2. The average molecular weight is 497 g/mol. The van der Waals surface area contributed by atoms with E-state index in [1.54, 1.807) is 36.7 Å². The Hall–Kier alpha value is -3.48. The summed E-state index contributed by atoms with van der Waals surface area (Å²) in [6.07, 6.45) is 2.03. The van der Waals surface area contributed by atoms with Crippen LogP contribution in [0.3, 0.4) is 0 Å². The van der Waals surface area contributed by atoms with Gasteiger partial charge >= 0.3 is 5.97 Å². The largest absolute Gasteiger partial charge is 0.466 e. The Bertz CT molecular complexity index is 1530. The van der Waals surface area contributed by atoms with Gasteiger partial charge in [0, 0.05) is 28.7 Å². The number of esters is 1. The van der Waals surface area contributed by atoms with E-state index in [0.717, 1.165) is 34.5 Å². The normalized spacial score (nSPS) is 11.5. The number of ether oxygens (including phenoxy) is 1. The van der Waals surface area contributed by atoms with Crippen LogP contribution in [0.1, 0.15) is 34.2 Å². The Morgan fingerprint density at radius 2 is 1.91 bits per heavy atom. The second-order valence-electron chi connectivity index (χ2n) is 7.66. The molecule has 0 aliphatic rings. The summed E-state index contributed by atoms with van der Waals surface area (Å²) >= 11 is 1.30. The lowest BCUT2D eigenvalue weighted by Crippen LogP contribution is -2.08. The van der Waals surface area contributed by atoms with Gasteiger partial charge in [0.15, 0.2) is 0 Å². The molecule has 0 atom stereocenters. The molecule has 0 radical (unpaired) electrons. The molecule has 9 heteroatoms. The number of halogens is 1.